The number of sulfonamides is 1. The number of rotatable bonds is 11. The third-order valence-corrected chi connectivity index (χ3v) is 9.06. The number of aromatic nitrogens is 5. The Balaban J connectivity index is 1.48. The zero-order valence-corrected chi connectivity index (χ0v) is 24.1. The maximum absolute atomic E-state index is 14.6. The highest BCUT2D eigenvalue weighted by Crippen LogP contribution is 2.41. The molecule has 0 bridgehead atoms. The van der Waals surface area contributed by atoms with Gasteiger partial charge in [-0.1, -0.05) is 6.07 Å². The van der Waals surface area contributed by atoms with Gasteiger partial charge >= 0.3 is 0 Å². The van der Waals surface area contributed by atoms with Gasteiger partial charge in [-0.3, -0.25) is 9.59 Å². The van der Waals surface area contributed by atoms with Crippen LogP contribution in [0.4, 0.5) is 0 Å². The van der Waals surface area contributed by atoms with Crippen LogP contribution in [-0.4, -0.2) is 74.9 Å². The average Bonchev–Trinajstić information content (AvgIpc) is 3.88. The van der Waals surface area contributed by atoms with Gasteiger partial charge in [0.05, 0.1) is 34.6 Å². The lowest BCUT2D eigenvalue weighted by molar-refractivity contribution is -0.125. The number of pyridine rings is 2. The van der Waals surface area contributed by atoms with E-state index in [0.717, 1.165) is 31.4 Å². The van der Waals surface area contributed by atoms with Crippen LogP contribution in [0.25, 0.3) is 16.6 Å². The number of amides is 2. The van der Waals surface area contributed by atoms with Crippen molar-refractivity contribution in [3.63, 3.8) is 0 Å². The summed E-state index contributed by atoms with van der Waals surface area (Å²) in [5, 5.41) is 12.1. The molecule has 2 aliphatic rings. The number of hydrogen-bond acceptors (Lipinski definition) is 7. The van der Waals surface area contributed by atoms with Crippen molar-refractivity contribution >= 4 is 38.4 Å². The Bertz CT molecular complexity index is 1740. The number of likely N-dealkylation sites (N-methyl/N-ethyl adjacent to an activating group) is 1. The maximum atomic E-state index is 14.6. The highest BCUT2D eigenvalue weighted by atomic mass is 32.2. The molecule has 0 radical (unpaired) electrons. The summed E-state index contributed by atoms with van der Waals surface area (Å²) in [6, 6.07) is 6.07. The zero-order valence-electron chi connectivity index (χ0n) is 23.3. The summed E-state index contributed by atoms with van der Waals surface area (Å²) >= 11 is 0. The average molecular weight is 579 g/mol. The molecule has 13 heteroatoms. The first-order valence-corrected chi connectivity index (χ1v) is 15.6. The third kappa shape index (κ3) is 5.43. The van der Waals surface area contributed by atoms with E-state index in [1.165, 1.54) is 11.9 Å². The zero-order chi connectivity index (χ0) is 28.9. The number of nitrogens with one attached hydrogen (secondary N) is 2. The van der Waals surface area contributed by atoms with Gasteiger partial charge in [-0.25, -0.2) is 27.3 Å². The Hall–Kier alpha value is -3.84. The number of fused-ring (bicyclic) bond motifs is 2. The van der Waals surface area contributed by atoms with Crippen molar-refractivity contribution in [1.82, 2.24) is 39.3 Å². The molecule has 1 atom stereocenters. The van der Waals surface area contributed by atoms with Crippen molar-refractivity contribution in [3.8, 4) is 0 Å². The van der Waals surface area contributed by atoms with Crippen LogP contribution in [0.3, 0.4) is 0 Å². The van der Waals surface area contributed by atoms with E-state index in [9.17, 15) is 18.0 Å². The summed E-state index contributed by atoms with van der Waals surface area (Å²) in [6.07, 6.45) is 8.50. The molecule has 1 unspecified atom stereocenters. The summed E-state index contributed by atoms with van der Waals surface area (Å²) in [4.78, 5) is 34.4. The van der Waals surface area contributed by atoms with Gasteiger partial charge in [-0.15, -0.1) is 0 Å². The predicted molar refractivity (Wildman–Crippen MR) is 153 cm³/mol. The normalized spacial score (nSPS) is 16.4. The van der Waals surface area contributed by atoms with E-state index < -0.39 is 27.9 Å². The van der Waals surface area contributed by atoms with E-state index >= 15 is 0 Å². The fourth-order valence-corrected chi connectivity index (χ4v) is 6.47. The molecule has 41 heavy (non-hydrogen) atoms. The van der Waals surface area contributed by atoms with Gasteiger partial charge in [0.25, 0.3) is 5.91 Å². The molecular weight excluding hydrogens is 544 g/mol. The molecule has 4 aromatic rings. The van der Waals surface area contributed by atoms with Crippen LogP contribution >= 0.6 is 0 Å². The lowest BCUT2D eigenvalue weighted by Gasteiger charge is -2.31. The van der Waals surface area contributed by atoms with Crippen molar-refractivity contribution in [2.75, 3.05) is 19.3 Å². The molecule has 2 saturated carbocycles. The first kappa shape index (κ1) is 27.3. The predicted octanol–water partition coefficient (Wildman–Crippen LogP) is 2.55. The van der Waals surface area contributed by atoms with Crippen molar-refractivity contribution in [2.24, 2.45) is 0 Å². The number of carbonyl (C=O) groups is 2. The van der Waals surface area contributed by atoms with Gasteiger partial charge in [0.15, 0.2) is 5.65 Å². The van der Waals surface area contributed by atoms with Gasteiger partial charge in [0.1, 0.15) is 6.04 Å². The van der Waals surface area contributed by atoms with E-state index in [1.54, 1.807) is 33.9 Å². The fraction of sp³-hybridized carbons (Fsp3) is 0.464. The summed E-state index contributed by atoms with van der Waals surface area (Å²) < 4.78 is 32.0. The molecule has 216 valence electrons. The molecule has 4 heterocycles. The van der Waals surface area contributed by atoms with Gasteiger partial charge in [-0.2, -0.15) is 10.2 Å². The minimum atomic E-state index is -3.69. The summed E-state index contributed by atoms with van der Waals surface area (Å²) in [5.41, 5.74) is 2.89. The molecule has 2 aliphatic carbocycles. The van der Waals surface area contributed by atoms with E-state index in [1.807, 2.05) is 32.0 Å². The monoisotopic (exact) mass is 578 g/mol. The van der Waals surface area contributed by atoms with E-state index in [2.05, 4.69) is 20.2 Å². The number of hydrogen-bond donors (Lipinski definition) is 2. The topological polar surface area (TPSA) is 144 Å². The Morgan fingerprint density at radius 2 is 1.90 bits per heavy atom. The van der Waals surface area contributed by atoms with Gasteiger partial charge in [0, 0.05) is 49.0 Å². The van der Waals surface area contributed by atoms with Crippen LogP contribution in [0.1, 0.15) is 79.1 Å². The first-order valence-electron chi connectivity index (χ1n) is 14.0. The Morgan fingerprint density at radius 3 is 2.59 bits per heavy atom. The van der Waals surface area contributed by atoms with Crippen LogP contribution in [-0.2, 0) is 14.8 Å². The lowest BCUT2D eigenvalue weighted by atomic mass is 10.0. The molecule has 0 saturated heterocycles. The van der Waals surface area contributed by atoms with E-state index in [-0.39, 0.29) is 30.3 Å². The molecule has 2 N–H and O–H groups in total. The van der Waals surface area contributed by atoms with Crippen molar-refractivity contribution in [1.29, 1.82) is 0 Å². The largest absolute Gasteiger partial charge is 0.357 e. The van der Waals surface area contributed by atoms with Crippen molar-refractivity contribution < 1.29 is 18.0 Å². The Kier molecular flexibility index (Phi) is 7.02. The van der Waals surface area contributed by atoms with Gasteiger partial charge in [0.2, 0.25) is 15.9 Å². The van der Waals surface area contributed by atoms with Gasteiger partial charge < -0.3 is 10.2 Å². The standard InChI is InChI=1S/C28H34N8O4S/c1-17(2)36-26-21(15-31-36)20(14-23(32-26)18-7-8-18)28(38)34(12-13-41(39,40)33-19-9-10-19)25(27(37)29-3)22-16-30-35-11-5-4-6-24(22)35/h4-6,11,14-19,25,33H,7-10,12-13H2,1-3H3,(H,29,37). The maximum Gasteiger partial charge on any atom is 0.255 e. The van der Waals surface area contributed by atoms with E-state index in [0.29, 0.717) is 27.7 Å². The van der Waals surface area contributed by atoms with Crippen LogP contribution in [0.15, 0.2) is 42.9 Å². The second-order valence-corrected chi connectivity index (χ2v) is 13.0. The van der Waals surface area contributed by atoms with Crippen molar-refractivity contribution in [2.45, 2.75) is 63.6 Å². The number of carbonyl (C=O) groups excluding carboxylic acids is 2. The molecule has 12 nitrogen and oxygen atoms in total. The minimum absolute atomic E-state index is 0.0181. The second kappa shape index (κ2) is 10.5. The fourth-order valence-electron chi connectivity index (χ4n) is 5.17. The minimum Gasteiger partial charge on any atom is -0.357 e. The molecule has 2 fully saturated rings. The highest BCUT2D eigenvalue weighted by molar-refractivity contribution is 7.89. The van der Waals surface area contributed by atoms with Crippen LogP contribution in [0.5, 0.6) is 0 Å². The SMILES string of the molecule is CNC(=O)C(c1cnn2ccccc12)N(CCS(=O)(=O)NC1CC1)C(=O)c1cc(C2CC2)nc2c1cnn2C(C)C. The molecular formula is C28H34N8O4S. The molecule has 0 spiro atoms. The summed E-state index contributed by atoms with van der Waals surface area (Å²) in [5.74, 6) is -1.01. The van der Waals surface area contributed by atoms with Gasteiger partial charge in [-0.05, 0) is 57.7 Å². The smallest absolute Gasteiger partial charge is 0.255 e. The quantitative estimate of drug-likeness (QED) is 0.278. The Labute approximate surface area is 238 Å². The Morgan fingerprint density at radius 1 is 1.12 bits per heavy atom. The summed E-state index contributed by atoms with van der Waals surface area (Å²) in [7, 11) is -2.20. The molecule has 2 amide bonds. The first-order chi connectivity index (χ1) is 19.7. The second-order valence-electron chi connectivity index (χ2n) is 11.1. The van der Waals surface area contributed by atoms with Crippen molar-refractivity contribution in [3.05, 3.63) is 59.7 Å². The molecule has 6 rings (SSSR count). The lowest BCUT2D eigenvalue weighted by Crippen LogP contribution is -2.46. The van der Waals surface area contributed by atoms with Crippen LogP contribution in [0, 0.1) is 0 Å². The van der Waals surface area contributed by atoms with Crippen LogP contribution in [0.2, 0.25) is 0 Å². The molecule has 4 aromatic heterocycles. The summed E-state index contributed by atoms with van der Waals surface area (Å²) in [6.45, 7) is 3.79. The number of nitrogens with zero attached hydrogens (tertiary/aromatic N) is 6. The van der Waals surface area contributed by atoms with Crippen LogP contribution < -0.4 is 10.0 Å². The highest BCUT2D eigenvalue weighted by Gasteiger charge is 2.37. The van der Waals surface area contributed by atoms with E-state index in [4.69, 9.17) is 4.98 Å². The third-order valence-electron chi connectivity index (χ3n) is 7.64. The molecule has 0 aromatic carbocycles. The molecule has 0 aliphatic heterocycles.